The fourth-order valence-electron chi connectivity index (χ4n) is 1.71. The van der Waals surface area contributed by atoms with Crippen molar-refractivity contribution >= 4 is 11.6 Å². The third-order valence-electron chi connectivity index (χ3n) is 2.73. The predicted molar refractivity (Wildman–Crippen MR) is 65.1 cm³/mol. The Morgan fingerprint density at radius 1 is 1.18 bits per heavy atom. The van der Waals surface area contributed by atoms with E-state index >= 15 is 0 Å². The molecule has 0 aliphatic heterocycles. The maximum Gasteiger partial charge on any atom is 0.160 e. The average Bonchev–Trinajstić information content (AvgIpc) is 2.29. The van der Waals surface area contributed by atoms with Crippen LogP contribution < -0.4 is 0 Å². The molecule has 0 aliphatic rings. The highest BCUT2D eigenvalue weighted by molar-refractivity contribution is 6.31. The molecule has 17 heavy (non-hydrogen) atoms. The van der Waals surface area contributed by atoms with Crippen molar-refractivity contribution in [3.63, 3.8) is 0 Å². The summed E-state index contributed by atoms with van der Waals surface area (Å²) in [6, 6.07) is 1.88. The van der Waals surface area contributed by atoms with Gasteiger partial charge in [-0.05, 0) is 18.6 Å². The van der Waals surface area contributed by atoms with Gasteiger partial charge in [-0.15, -0.1) is 0 Å². The van der Waals surface area contributed by atoms with E-state index in [0.717, 1.165) is 37.8 Å². The molecule has 1 aromatic rings. The predicted octanol–water partition coefficient (Wildman–Crippen LogP) is 4.62. The zero-order valence-electron chi connectivity index (χ0n) is 9.85. The van der Waals surface area contributed by atoms with Crippen molar-refractivity contribution < 1.29 is 13.9 Å². The Hall–Kier alpha value is -0.670. The van der Waals surface area contributed by atoms with Crippen molar-refractivity contribution in [1.82, 2.24) is 0 Å². The van der Waals surface area contributed by atoms with Crippen LogP contribution in [0.15, 0.2) is 12.1 Å². The van der Waals surface area contributed by atoms with Crippen molar-refractivity contribution in [3.05, 3.63) is 34.4 Å². The Morgan fingerprint density at radius 2 is 1.82 bits per heavy atom. The molecule has 0 aliphatic carbocycles. The Kier molecular flexibility index (Phi) is 5.86. The molecule has 0 saturated heterocycles. The third-order valence-corrected chi connectivity index (χ3v) is 3.06. The van der Waals surface area contributed by atoms with E-state index < -0.39 is 17.7 Å². The van der Waals surface area contributed by atoms with Gasteiger partial charge in [-0.1, -0.05) is 44.2 Å². The lowest BCUT2D eigenvalue weighted by molar-refractivity contribution is 0.163. The van der Waals surface area contributed by atoms with Crippen LogP contribution in [0.5, 0.6) is 0 Å². The molecule has 0 aromatic heterocycles. The van der Waals surface area contributed by atoms with Gasteiger partial charge in [0.05, 0.1) is 6.10 Å². The fourth-order valence-corrected chi connectivity index (χ4v) is 1.99. The van der Waals surface area contributed by atoms with Gasteiger partial charge in [-0.3, -0.25) is 0 Å². The molecule has 0 heterocycles. The van der Waals surface area contributed by atoms with Gasteiger partial charge in [0, 0.05) is 10.6 Å². The van der Waals surface area contributed by atoms with Crippen LogP contribution in [0.25, 0.3) is 0 Å². The van der Waals surface area contributed by atoms with Crippen LogP contribution in [0, 0.1) is 11.6 Å². The Bertz CT molecular complexity index is 369. The third kappa shape index (κ3) is 4.25. The molecule has 96 valence electrons. The first-order valence-electron chi connectivity index (χ1n) is 5.88. The highest BCUT2D eigenvalue weighted by atomic mass is 35.5. The number of unbranched alkanes of at least 4 members (excludes halogenated alkanes) is 3. The first kappa shape index (κ1) is 14.4. The van der Waals surface area contributed by atoms with E-state index in [-0.39, 0.29) is 10.6 Å². The molecule has 1 atom stereocenters. The van der Waals surface area contributed by atoms with E-state index in [9.17, 15) is 13.9 Å². The van der Waals surface area contributed by atoms with E-state index in [1.54, 1.807) is 0 Å². The van der Waals surface area contributed by atoms with E-state index in [4.69, 9.17) is 11.6 Å². The lowest BCUT2D eigenvalue weighted by atomic mass is 10.0. The van der Waals surface area contributed by atoms with Crippen LogP contribution in [0.2, 0.25) is 5.02 Å². The molecular weight excluding hydrogens is 246 g/mol. The van der Waals surface area contributed by atoms with Gasteiger partial charge < -0.3 is 5.11 Å². The molecule has 1 rings (SSSR count). The molecule has 0 amide bonds. The number of benzene rings is 1. The van der Waals surface area contributed by atoms with Crippen molar-refractivity contribution in [1.29, 1.82) is 0 Å². The zero-order valence-corrected chi connectivity index (χ0v) is 10.6. The monoisotopic (exact) mass is 262 g/mol. The Labute approximate surface area is 105 Å². The normalized spacial score (nSPS) is 12.8. The number of halogens is 3. The van der Waals surface area contributed by atoms with Crippen LogP contribution >= 0.6 is 11.6 Å². The van der Waals surface area contributed by atoms with Crippen LogP contribution in [-0.2, 0) is 0 Å². The summed E-state index contributed by atoms with van der Waals surface area (Å²) in [6.45, 7) is 2.10. The molecule has 1 aromatic carbocycles. The second-order valence-corrected chi connectivity index (χ2v) is 4.56. The van der Waals surface area contributed by atoms with Gasteiger partial charge in [0.25, 0.3) is 0 Å². The number of hydrogen-bond acceptors (Lipinski definition) is 1. The van der Waals surface area contributed by atoms with Crippen LogP contribution in [0.3, 0.4) is 0 Å². The van der Waals surface area contributed by atoms with Gasteiger partial charge in [-0.25, -0.2) is 8.78 Å². The summed E-state index contributed by atoms with van der Waals surface area (Å²) >= 11 is 5.77. The summed E-state index contributed by atoms with van der Waals surface area (Å²) in [5.74, 6) is -1.96. The molecule has 0 bridgehead atoms. The smallest absolute Gasteiger partial charge is 0.160 e. The summed E-state index contributed by atoms with van der Waals surface area (Å²) < 4.78 is 25.9. The minimum absolute atomic E-state index is 0.0758. The second kappa shape index (κ2) is 6.92. The quantitative estimate of drug-likeness (QED) is 0.586. The first-order valence-corrected chi connectivity index (χ1v) is 6.26. The topological polar surface area (TPSA) is 20.2 Å². The van der Waals surface area contributed by atoms with Gasteiger partial charge >= 0.3 is 0 Å². The van der Waals surface area contributed by atoms with Crippen molar-refractivity contribution in [2.75, 3.05) is 0 Å². The molecule has 0 spiro atoms. The summed E-state index contributed by atoms with van der Waals surface area (Å²) in [5, 5.41) is 9.92. The summed E-state index contributed by atoms with van der Waals surface area (Å²) in [5.41, 5.74) is 0.266. The van der Waals surface area contributed by atoms with Crippen molar-refractivity contribution in [2.24, 2.45) is 0 Å². The molecule has 0 saturated carbocycles. The van der Waals surface area contributed by atoms with Crippen molar-refractivity contribution in [3.8, 4) is 0 Å². The first-order chi connectivity index (χ1) is 8.06. The van der Waals surface area contributed by atoms with Gasteiger partial charge in [0.15, 0.2) is 11.6 Å². The molecule has 0 fully saturated rings. The van der Waals surface area contributed by atoms with Gasteiger partial charge in [0.1, 0.15) is 0 Å². The summed E-state index contributed by atoms with van der Waals surface area (Å²) in [4.78, 5) is 0. The summed E-state index contributed by atoms with van der Waals surface area (Å²) in [6.07, 6.45) is 3.79. The lowest BCUT2D eigenvalue weighted by Crippen LogP contribution is -2.00. The molecular formula is C13H17ClF2O. The van der Waals surface area contributed by atoms with Gasteiger partial charge in [0.2, 0.25) is 0 Å². The van der Waals surface area contributed by atoms with Crippen LogP contribution in [0.1, 0.15) is 50.7 Å². The minimum Gasteiger partial charge on any atom is -0.388 e. The van der Waals surface area contributed by atoms with Gasteiger partial charge in [-0.2, -0.15) is 0 Å². The number of aliphatic hydroxyl groups is 1. The SMILES string of the molecule is CCCCCCC(O)c1cc(F)c(F)cc1Cl. The second-order valence-electron chi connectivity index (χ2n) is 4.15. The highest BCUT2D eigenvalue weighted by Gasteiger charge is 2.15. The zero-order chi connectivity index (χ0) is 12.8. The molecule has 0 radical (unpaired) electrons. The molecule has 1 N–H and O–H groups in total. The maximum atomic E-state index is 13.0. The number of rotatable bonds is 6. The molecule has 1 unspecified atom stereocenters. The van der Waals surface area contributed by atoms with E-state index in [1.807, 2.05) is 0 Å². The number of aliphatic hydroxyl groups excluding tert-OH is 1. The number of hydrogen-bond donors (Lipinski definition) is 1. The average molecular weight is 263 g/mol. The highest BCUT2D eigenvalue weighted by Crippen LogP contribution is 2.28. The fraction of sp³-hybridized carbons (Fsp3) is 0.538. The van der Waals surface area contributed by atoms with E-state index in [1.165, 1.54) is 0 Å². The largest absolute Gasteiger partial charge is 0.388 e. The van der Waals surface area contributed by atoms with E-state index in [0.29, 0.717) is 6.42 Å². The maximum absolute atomic E-state index is 13.0. The lowest BCUT2D eigenvalue weighted by Gasteiger charge is -2.13. The standard InChI is InChI=1S/C13H17ClF2O/c1-2-3-4-5-6-13(17)9-7-11(15)12(16)8-10(9)14/h7-8,13,17H,2-6H2,1H3. The van der Waals surface area contributed by atoms with Crippen LogP contribution in [0.4, 0.5) is 8.78 Å². The Balaban J connectivity index is 2.62. The van der Waals surface area contributed by atoms with Crippen LogP contribution in [-0.4, -0.2) is 5.11 Å². The van der Waals surface area contributed by atoms with Crippen molar-refractivity contribution in [2.45, 2.75) is 45.1 Å². The molecule has 1 nitrogen and oxygen atoms in total. The Morgan fingerprint density at radius 3 is 2.47 bits per heavy atom. The molecule has 4 heteroatoms. The summed E-state index contributed by atoms with van der Waals surface area (Å²) in [7, 11) is 0. The van der Waals surface area contributed by atoms with E-state index in [2.05, 4.69) is 6.92 Å². The minimum atomic E-state index is -0.989.